The third-order valence-electron chi connectivity index (χ3n) is 3.60. The fourth-order valence-corrected chi connectivity index (χ4v) is 2.42. The Morgan fingerprint density at radius 3 is 2.85 bits per heavy atom. The lowest BCUT2D eigenvalue weighted by molar-refractivity contribution is 0.0781. The summed E-state index contributed by atoms with van der Waals surface area (Å²) >= 11 is 0. The molecule has 20 heavy (non-hydrogen) atoms. The van der Waals surface area contributed by atoms with Gasteiger partial charge in [-0.3, -0.25) is 4.79 Å². The minimum atomic E-state index is -0.0665. The van der Waals surface area contributed by atoms with E-state index in [1.54, 1.807) is 4.90 Å². The van der Waals surface area contributed by atoms with Crippen molar-refractivity contribution in [3.63, 3.8) is 0 Å². The van der Waals surface area contributed by atoms with Crippen molar-refractivity contribution in [2.45, 2.75) is 6.42 Å². The molecule has 1 fully saturated rings. The van der Waals surface area contributed by atoms with E-state index in [-0.39, 0.29) is 5.91 Å². The second kappa shape index (κ2) is 5.42. The number of nitrogens with zero attached hydrogens (tertiary/aromatic N) is 4. The summed E-state index contributed by atoms with van der Waals surface area (Å²) in [4.78, 5) is 15.6. The third kappa shape index (κ3) is 2.42. The number of carbonyl (C=O) groups excluding carboxylic acids is 1. The quantitative estimate of drug-likeness (QED) is 0.891. The van der Waals surface area contributed by atoms with Crippen molar-refractivity contribution < 1.29 is 4.79 Å². The predicted molar refractivity (Wildman–Crippen MR) is 74.4 cm³/mol. The van der Waals surface area contributed by atoms with Gasteiger partial charge < -0.3 is 10.6 Å². The molecule has 1 aromatic carbocycles. The van der Waals surface area contributed by atoms with E-state index in [0.717, 1.165) is 18.7 Å². The van der Waals surface area contributed by atoms with Gasteiger partial charge in [-0.15, -0.1) is 5.10 Å². The molecule has 1 aliphatic heterocycles. The lowest BCUT2D eigenvalue weighted by atomic mass is 10.1. The topological polar surface area (TPSA) is 77.0 Å². The number of nitrogens with two attached hydrogens (primary N) is 1. The molecule has 2 N–H and O–H groups in total. The summed E-state index contributed by atoms with van der Waals surface area (Å²) < 4.78 is 0. The third-order valence-corrected chi connectivity index (χ3v) is 3.60. The second-order valence-corrected chi connectivity index (χ2v) is 5.00. The minimum absolute atomic E-state index is 0.0665. The van der Waals surface area contributed by atoms with Gasteiger partial charge in [0.05, 0.1) is 11.9 Å². The molecule has 1 unspecified atom stereocenters. The van der Waals surface area contributed by atoms with Gasteiger partial charge in [-0.25, -0.2) is 0 Å². The highest BCUT2D eigenvalue weighted by Gasteiger charge is 2.27. The first-order valence-corrected chi connectivity index (χ1v) is 6.75. The van der Waals surface area contributed by atoms with Crippen LogP contribution >= 0.6 is 0 Å². The molecule has 0 spiro atoms. The molecular formula is C14H17N5O. The van der Waals surface area contributed by atoms with Crippen molar-refractivity contribution in [1.29, 1.82) is 0 Å². The zero-order valence-corrected chi connectivity index (χ0v) is 11.1. The number of benzene rings is 1. The lowest BCUT2D eigenvalue weighted by Crippen LogP contribution is -2.30. The maximum absolute atomic E-state index is 12.3. The van der Waals surface area contributed by atoms with Gasteiger partial charge in [0.2, 0.25) is 0 Å². The van der Waals surface area contributed by atoms with Crippen molar-refractivity contribution in [2.75, 3.05) is 19.6 Å². The van der Waals surface area contributed by atoms with Crippen molar-refractivity contribution >= 4 is 5.91 Å². The molecule has 0 radical (unpaired) electrons. The molecule has 0 bridgehead atoms. The van der Waals surface area contributed by atoms with Gasteiger partial charge in [0.1, 0.15) is 0 Å². The minimum Gasteiger partial charge on any atom is -0.337 e. The number of amides is 1. The van der Waals surface area contributed by atoms with E-state index in [2.05, 4.69) is 10.2 Å². The maximum atomic E-state index is 12.3. The van der Waals surface area contributed by atoms with E-state index in [4.69, 9.17) is 5.73 Å². The Balaban J connectivity index is 1.76. The molecule has 1 atom stereocenters. The van der Waals surface area contributed by atoms with Crippen LogP contribution < -0.4 is 5.73 Å². The Bertz CT molecular complexity index is 595. The lowest BCUT2D eigenvalue weighted by Gasteiger charge is -2.14. The second-order valence-electron chi connectivity index (χ2n) is 5.00. The molecule has 1 saturated heterocycles. The monoisotopic (exact) mass is 271 g/mol. The van der Waals surface area contributed by atoms with Crippen molar-refractivity contribution in [3.05, 3.63) is 42.2 Å². The van der Waals surface area contributed by atoms with Gasteiger partial charge in [0, 0.05) is 13.1 Å². The van der Waals surface area contributed by atoms with Gasteiger partial charge in [0.25, 0.3) is 5.91 Å². The zero-order chi connectivity index (χ0) is 13.9. The molecule has 0 aliphatic carbocycles. The van der Waals surface area contributed by atoms with E-state index in [9.17, 15) is 4.79 Å². The van der Waals surface area contributed by atoms with Crippen LogP contribution in [0.3, 0.4) is 0 Å². The number of hydrogen-bond acceptors (Lipinski definition) is 4. The summed E-state index contributed by atoms with van der Waals surface area (Å²) in [7, 11) is 0. The van der Waals surface area contributed by atoms with Gasteiger partial charge in [-0.05, 0) is 31.0 Å². The molecule has 2 heterocycles. The molecule has 3 rings (SSSR count). The van der Waals surface area contributed by atoms with Crippen LogP contribution in [0, 0.1) is 5.92 Å². The average Bonchev–Trinajstić information content (AvgIpc) is 3.17. The number of aromatic nitrogens is 3. The van der Waals surface area contributed by atoms with Crippen LogP contribution in [0.1, 0.15) is 16.9 Å². The molecule has 1 amide bonds. The van der Waals surface area contributed by atoms with Crippen molar-refractivity contribution in [1.82, 2.24) is 19.9 Å². The van der Waals surface area contributed by atoms with Crippen LogP contribution in [0.4, 0.5) is 0 Å². The molecule has 104 valence electrons. The molecular weight excluding hydrogens is 254 g/mol. The van der Waals surface area contributed by atoms with Gasteiger partial charge in [0.15, 0.2) is 5.69 Å². The van der Waals surface area contributed by atoms with E-state index < -0.39 is 0 Å². The number of hydrogen-bond donors (Lipinski definition) is 1. The number of para-hydroxylation sites is 1. The summed E-state index contributed by atoms with van der Waals surface area (Å²) in [5.41, 5.74) is 6.87. The summed E-state index contributed by atoms with van der Waals surface area (Å²) in [6, 6.07) is 9.54. The summed E-state index contributed by atoms with van der Waals surface area (Å²) in [5.74, 6) is 0.339. The van der Waals surface area contributed by atoms with Crippen LogP contribution in [0.5, 0.6) is 0 Å². The van der Waals surface area contributed by atoms with Crippen LogP contribution in [-0.2, 0) is 0 Å². The van der Waals surface area contributed by atoms with E-state index in [1.165, 1.54) is 11.0 Å². The largest absolute Gasteiger partial charge is 0.337 e. The predicted octanol–water partition coefficient (Wildman–Crippen LogP) is 0.688. The molecule has 0 saturated carbocycles. The highest BCUT2D eigenvalue weighted by Crippen LogP contribution is 2.17. The molecule has 6 heteroatoms. The van der Waals surface area contributed by atoms with Gasteiger partial charge >= 0.3 is 0 Å². The first kappa shape index (κ1) is 12.8. The number of carbonyl (C=O) groups is 1. The standard InChI is InChI=1S/C14H17N5O/c15-8-11-6-7-18(10-11)14(20)13-9-16-19(17-13)12-4-2-1-3-5-12/h1-5,9,11H,6-8,10,15H2. The van der Waals surface area contributed by atoms with E-state index in [0.29, 0.717) is 24.7 Å². The summed E-state index contributed by atoms with van der Waals surface area (Å²) in [6.45, 7) is 2.09. The maximum Gasteiger partial charge on any atom is 0.276 e. The van der Waals surface area contributed by atoms with Crippen molar-refractivity contribution in [3.8, 4) is 5.69 Å². The highest BCUT2D eigenvalue weighted by molar-refractivity contribution is 5.92. The Kier molecular flexibility index (Phi) is 3.47. The van der Waals surface area contributed by atoms with Gasteiger partial charge in [-0.1, -0.05) is 18.2 Å². The Morgan fingerprint density at radius 2 is 2.15 bits per heavy atom. The van der Waals surface area contributed by atoms with E-state index >= 15 is 0 Å². The van der Waals surface area contributed by atoms with Crippen molar-refractivity contribution in [2.24, 2.45) is 11.7 Å². The Morgan fingerprint density at radius 1 is 1.35 bits per heavy atom. The molecule has 2 aromatic rings. The SMILES string of the molecule is NCC1CCN(C(=O)c2cnn(-c3ccccc3)n2)C1. The fraction of sp³-hybridized carbons (Fsp3) is 0.357. The fourth-order valence-electron chi connectivity index (χ4n) is 2.42. The van der Waals surface area contributed by atoms with Crippen LogP contribution in [0.15, 0.2) is 36.5 Å². The zero-order valence-electron chi connectivity index (χ0n) is 11.1. The Hall–Kier alpha value is -2.21. The Labute approximate surface area is 117 Å². The summed E-state index contributed by atoms with van der Waals surface area (Å²) in [5, 5.41) is 8.41. The smallest absolute Gasteiger partial charge is 0.276 e. The number of likely N-dealkylation sites (tertiary alicyclic amines) is 1. The normalized spacial score (nSPS) is 18.4. The molecule has 1 aliphatic rings. The molecule has 6 nitrogen and oxygen atoms in total. The highest BCUT2D eigenvalue weighted by atomic mass is 16.2. The first-order chi connectivity index (χ1) is 9.78. The molecule has 1 aromatic heterocycles. The summed E-state index contributed by atoms with van der Waals surface area (Å²) in [6.07, 6.45) is 2.49. The first-order valence-electron chi connectivity index (χ1n) is 6.75. The van der Waals surface area contributed by atoms with Crippen LogP contribution in [-0.4, -0.2) is 45.4 Å². The number of rotatable bonds is 3. The van der Waals surface area contributed by atoms with E-state index in [1.807, 2.05) is 30.3 Å². The average molecular weight is 271 g/mol. The van der Waals surface area contributed by atoms with Gasteiger partial charge in [-0.2, -0.15) is 9.90 Å². The van der Waals surface area contributed by atoms with Crippen LogP contribution in [0.2, 0.25) is 0 Å². The van der Waals surface area contributed by atoms with Crippen LogP contribution in [0.25, 0.3) is 5.69 Å².